The van der Waals surface area contributed by atoms with Crippen LogP contribution in [0.4, 0.5) is 5.95 Å². The van der Waals surface area contributed by atoms with Gasteiger partial charge in [-0.2, -0.15) is 5.10 Å². The molecule has 0 unspecified atom stereocenters. The van der Waals surface area contributed by atoms with Crippen LogP contribution in [0.1, 0.15) is 12.8 Å². The summed E-state index contributed by atoms with van der Waals surface area (Å²) in [5.41, 5.74) is 3.89. The zero-order chi connectivity index (χ0) is 21.7. The molecule has 3 aromatic heterocycles. The molecule has 2 saturated heterocycles. The predicted molar refractivity (Wildman–Crippen MR) is 120 cm³/mol. The number of phenolic OH excluding ortho intramolecular Hbond substituents is 1. The van der Waals surface area contributed by atoms with Crippen molar-refractivity contribution in [2.75, 3.05) is 38.1 Å². The lowest BCUT2D eigenvalue weighted by molar-refractivity contribution is 0.0893. The average molecular weight is 429 g/mol. The summed E-state index contributed by atoms with van der Waals surface area (Å²) in [5, 5.41) is 23.9. The van der Waals surface area contributed by atoms with Gasteiger partial charge in [0.25, 0.3) is 0 Å². The van der Waals surface area contributed by atoms with Crippen LogP contribution in [0.3, 0.4) is 0 Å². The van der Waals surface area contributed by atoms with Gasteiger partial charge in [0.05, 0.1) is 11.9 Å². The zero-order valence-electron chi connectivity index (χ0n) is 17.9. The Bertz CT molecular complexity index is 1270. The normalized spacial score (nSPS) is 18.2. The summed E-state index contributed by atoms with van der Waals surface area (Å²) in [7, 11) is 2.19. The molecule has 32 heavy (non-hydrogen) atoms. The van der Waals surface area contributed by atoms with Crippen LogP contribution >= 0.6 is 0 Å². The molecule has 9 nitrogen and oxygen atoms in total. The monoisotopic (exact) mass is 428 g/mol. The molecule has 1 N–H and O–H groups in total. The lowest BCUT2D eigenvalue weighted by Crippen LogP contribution is -2.60. The van der Waals surface area contributed by atoms with Crippen molar-refractivity contribution in [2.45, 2.75) is 12.8 Å². The molecule has 1 aromatic carbocycles. The summed E-state index contributed by atoms with van der Waals surface area (Å²) in [6, 6.07) is 9.21. The molecule has 0 atom stereocenters. The fourth-order valence-electron chi connectivity index (χ4n) is 4.73. The summed E-state index contributed by atoms with van der Waals surface area (Å²) in [6.07, 6.45) is 7.65. The summed E-state index contributed by atoms with van der Waals surface area (Å²) in [6.45, 7) is 4.31. The van der Waals surface area contributed by atoms with Crippen molar-refractivity contribution in [3.63, 3.8) is 0 Å². The number of hydrogen-bond acceptors (Lipinski definition) is 8. The maximum atomic E-state index is 10.6. The topological polar surface area (TPSA) is 95.6 Å². The van der Waals surface area contributed by atoms with Gasteiger partial charge in [-0.1, -0.05) is 6.07 Å². The van der Waals surface area contributed by atoms with E-state index < -0.39 is 0 Å². The highest BCUT2D eigenvalue weighted by molar-refractivity contribution is 5.72. The van der Waals surface area contributed by atoms with Gasteiger partial charge in [0.2, 0.25) is 5.95 Å². The number of phenols is 1. The third-order valence-electron chi connectivity index (χ3n) is 6.76. The highest BCUT2D eigenvalue weighted by atomic mass is 16.3. The molecule has 2 fully saturated rings. The van der Waals surface area contributed by atoms with Gasteiger partial charge in [0.15, 0.2) is 5.65 Å². The highest BCUT2D eigenvalue weighted by Crippen LogP contribution is 2.41. The number of anilines is 1. The molecule has 0 amide bonds. The summed E-state index contributed by atoms with van der Waals surface area (Å²) < 4.78 is 1.71. The number of aromatic nitrogens is 6. The van der Waals surface area contributed by atoms with Crippen molar-refractivity contribution in [1.82, 2.24) is 34.7 Å². The molecule has 5 heterocycles. The predicted octanol–water partition coefficient (Wildman–Crippen LogP) is 2.49. The van der Waals surface area contributed by atoms with E-state index in [0.717, 1.165) is 43.1 Å². The maximum Gasteiger partial charge on any atom is 0.245 e. The molecule has 2 aliphatic rings. The van der Waals surface area contributed by atoms with Gasteiger partial charge in [-0.25, -0.2) is 14.5 Å². The minimum Gasteiger partial charge on any atom is -0.507 e. The van der Waals surface area contributed by atoms with E-state index in [9.17, 15) is 5.11 Å². The summed E-state index contributed by atoms with van der Waals surface area (Å²) in [4.78, 5) is 13.3. The molecule has 0 bridgehead atoms. The van der Waals surface area contributed by atoms with Gasteiger partial charge < -0.3 is 14.9 Å². The first-order valence-electron chi connectivity index (χ1n) is 10.9. The lowest BCUT2D eigenvalue weighted by atomic mass is 9.72. The van der Waals surface area contributed by atoms with Gasteiger partial charge in [-0.15, -0.1) is 10.2 Å². The molecule has 9 heteroatoms. The second kappa shape index (κ2) is 7.23. The lowest BCUT2D eigenvalue weighted by Gasteiger charge is -2.53. The van der Waals surface area contributed by atoms with E-state index in [2.05, 4.69) is 42.1 Å². The van der Waals surface area contributed by atoms with E-state index in [-0.39, 0.29) is 5.75 Å². The highest BCUT2D eigenvalue weighted by Gasteiger charge is 2.45. The van der Waals surface area contributed by atoms with E-state index in [0.29, 0.717) is 22.6 Å². The Labute approximate surface area is 185 Å². The molecule has 2 aliphatic heterocycles. The Morgan fingerprint density at radius 2 is 1.81 bits per heavy atom. The minimum atomic E-state index is 0.119. The largest absolute Gasteiger partial charge is 0.507 e. The Balaban J connectivity index is 1.19. The Hall–Kier alpha value is -3.59. The number of benzene rings is 1. The third-order valence-corrected chi connectivity index (χ3v) is 6.76. The fraction of sp³-hybridized carbons (Fsp3) is 0.348. The van der Waals surface area contributed by atoms with Crippen molar-refractivity contribution in [2.24, 2.45) is 5.41 Å². The van der Waals surface area contributed by atoms with Gasteiger partial charge in [-0.3, -0.25) is 0 Å². The average Bonchev–Trinajstić information content (AvgIpc) is 3.26. The SMILES string of the molecule is CN1CCC2(CC1)CN(c1ncc(-c3ccc(-c4ccc5nccn5n4)cc3O)nn1)C2. The first kappa shape index (κ1) is 19.1. The minimum absolute atomic E-state index is 0.119. The van der Waals surface area contributed by atoms with Crippen LogP contribution in [0.2, 0.25) is 0 Å². The quantitative estimate of drug-likeness (QED) is 0.532. The van der Waals surface area contributed by atoms with E-state index in [1.165, 1.54) is 12.8 Å². The van der Waals surface area contributed by atoms with Crippen LogP contribution in [-0.4, -0.2) is 73.0 Å². The van der Waals surface area contributed by atoms with Crippen molar-refractivity contribution in [3.05, 3.63) is 48.9 Å². The molecule has 4 aromatic rings. The first-order valence-corrected chi connectivity index (χ1v) is 10.9. The van der Waals surface area contributed by atoms with E-state index >= 15 is 0 Å². The number of likely N-dealkylation sites (tertiary alicyclic amines) is 1. The van der Waals surface area contributed by atoms with Crippen molar-refractivity contribution < 1.29 is 5.11 Å². The molecule has 0 saturated carbocycles. The molecule has 0 aliphatic carbocycles. The fourth-order valence-corrected chi connectivity index (χ4v) is 4.73. The van der Waals surface area contributed by atoms with Crippen molar-refractivity contribution >= 4 is 11.6 Å². The van der Waals surface area contributed by atoms with Crippen molar-refractivity contribution in [1.29, 1.82) is 0 Å². The second-order valence-corrected chi connectivity index (χ2v) is 8.98. The van der Waals surface area contributed by atoms with Crippen LogP contribution in [0.5, 0.6) is 5.75 Å². The molecular weight excluding hydrogens is 404 g/mol. The van der Waals surface area contributed by atoms with Gasteiger partial charge >= 0.3 is 0 Å². The Kier molecular flexibility index (Phi) is 4.32. The molecule has 162 valence electrons. The Morgan fingerprint density at radius 3 is 2.56 bits per heavy atom. The maximum absolute atomic E-state index is 10.6. The molecule has 0 radical (unpaired) electrons. The standard InChI is InChI=1S/C23H24N8O/c1-29-9-6-23(7-10-29)14-30(15-23)22-25-13-19(26-27-22)17-3-2-16(12-20(17)32)18-4-5-21-24-8-11-31(21)28-18/h2-5,8,11-13,32H,6-7,9-10,14-15H2,1H3. The number of rotatable bonds is 3. The van der Waals surface area contributed by atoms with Crippen LogP contribution in [0, 0.1) is 5.41 Å². The summed E-state index contributed by atoms with van der Waals surface area (Å²) in [5.74, 6) is 0.778. The smallest absolute Gasteiger partial charge is 0.245 e. The number of fused-ring (bicyclic) bond motifs is 1. The van der Waals surface area contributed by atoms with Crippen LogP contribution in [0.25, 0.3) is 28.2 Å². The Morgan fingerprint density at radius 1 is 0.969 bits per heavy atom. The van der Waals surface area contributed by atoms with Gasteiger partial charge in [-0.05, 0) is 57.2 Å². The zero-order valence-corrected chi connectivity index (χ0v) is 17.9. The third kappa shape index (κ3) is 3.25. The van der Waals surface area contributed by atoms with Crippen LogP contribution in [-0.2, 0) is 0 Å². The van der Waals surface area contributed by atoms with E-state index in [1.54, 1.807) is 29.2 Å². The molecule has 1 spiro atoms. The van der Waals surface area contributed by atoms with Gasteiger partial charge in [0, 0.05) is 42.0 Å². The molecular formula is C23H24N8O. The molecule has 6 rings (SSSR count). The van der Waals surface area contributed by atoms with E-state index in [1.807, 2.05) is 24.3 Å². The van der Waals surface area contributed by atoms with E-state index in [4.69, 9.17) is 0 Å². The number of imidazole rings is 1. The number of aromatic hydroxyl groups is 1. The van der Waals surface area contributed by atoms with Crippen LogP contribution in [0.15, 0.2) is 48.9 Å². The number of hydrogen-bond donors (Lipinski definition) is 1. The summed E-state index contributed by atoms with van der Waals surface area (Å²) >= 11 is 0. The van der Waals surface area contributed by atoms with Crippen LogP contribution < -0.4 is 4.90 Å². The number of piperidine rings is 1. The number of nitrogens with zero attached hydrogens (tertiary/aromatic N) is 8. The second-order valence-electron chi connectivity index (χ2n) is 8.98. The van der Waals surface area contributed by atoms with Crippen molar-refractivity contribution in [3.8, 4) is 28.3 Å². The van der Waals surface area contributed by atoms with Gasteiger partial charge in [0.1, 0.15) is 11.4 Å². The first-order chi connectivity index (χ1) is 15.6.